The number of hydrogen-bond acceptors (Lipinski definition) is 7. The molecule has 0 radical (unpaired) electrons. The third-order valence-corrected chi connectivity index (χ3v) is 4.64. The van der Waals surface area contributed by atoms with Crippen LogP contribution in [0.5, 0.6) is 11.5 Å². The molecule has 33 heavy (non-hydrogen) atoms. The fourth-order valence-electron chi connectivity index (χ4n) is 2.51. The Balaban J connectivity index is 1.52. The van der Waals surface area contributed by atoms with Crippen molar-refractivity contribution in [1.29, 1.82) is 0 Å². The molecule has 0 saturated carbocycles. The molecule has 3 aromatic carbocycles. The number of hydrazone groups is 1. The highest BCUT2D eigenvalue weighted by Crippen LogP contribution is 2.29. The van der Waals surface area contributed by atoms with Gasteiger partial charge in [-0.3, -0.25) is 14.9 Å². The molecule has 3 rings (SSSR count). The monoisotopic (exact) mass is 515 g/mol. The van der Waals surface area contributed by atoms with Gasteiger partial charge in [-0.1, -0.05) is 18.2 Å². The molecule has 0 saturated heterocycles. The number of amides is 1. The molecule has 1 amide bonds. The number of ether oxygens (including phenoxy) is 2. The van der Waals surface area contributed by atoms with Gasteiger partial charge in [0.1, 0.15) is 17.3 Å². The number of benzene rings is 3. The van der Waals surface area contributed by atoms with E-state index in [4.69, 9.17) is 9.47 Å². The van der Waals surface area contributed by atoms with Gasteiger partial charge in [0, 0.05) is 12.1 Å². The molecule has 0 bridgehead atoms. The number of nitro benzene ring substituents is 1. The minimum atomic E-state index is -0.716. The third kappa shape index (κ3) is 6.94. The first kappa shape index (κ1) is 23.5. The SMILES string of the molecule is O=C(COc1ccc([N+](=O)[O-])cc1Br)N/N=C/c1cccc(OC(=O)c2cccc(F)c2)c1. The van der Waals surface area contributed by atoms with E-state index in [1.807, 2.05) is 0 Å². The van der Waals surface area contributed by atoms with E-state index in [2.05, 4.69) is 26.5 Å². The van der Waals surface area contributed by atoms with Gasteiger partial charge in [-0.2, -0.15) is 5.10 Å². The Morgan fingerprint density at radius 3 is 2.64 bits per heavy atom. The van der Waals surface area contributed by atoms with Crippen molar-refractivity contribution < 1.29 is 28.4 Å². The van der Waals surface area contributed by atoms with E-state index >= 15 is 0 Å². The van der Waals surface area contributed by atoms with E-state index in [-0.39, 0.29) is 29.4 Å². The van der Waals surface area contributed by atoms with Crippen molar-refractivity contribution in [2.75, 3.05) is 6.61 Å². The van der Waals surface area contributed by atoms with E-state index in [1.165, 1.54) is 48.7 Å². The van der Waals surface area contributed by atoms with Crippen molar-refractivity contribution in [2.45, 2.75) is 0 Å². The predicted molar refractivity (Wildman–Crippen MR) is 120 cm³/mol. The van der Waals surface area contributed by atoms with Crippen LogP contribution >= 0.6 is 15.9 Å². The van der Waals surface area contributed by atoms with Crippen LogP contribution in [0.1, 0.15) is 15.9 Å². The average molecular weight is 516 g/mol. The van der Waals surface area contributed by atoms with Gasteiger partial charge in [0.2, 0.25) is 0 Å². The number of non-ortho nitro benzene ring substituents is 1. The Labute approximate surface area is 195 Å². The molecule has 0 heterocycles. The minimum absolute atomic E-state index is 0.0704. The standard InChI is InChI=1S/C22H15BrFN3O6/c23-19-11-17(27(30)31)7-8-20(19)32-13-21(28)26-25-12-14-3-1-6-18(9-14)33-22(29)15-4-2-5-16(24)10-15/h1-12H,13H2,(H,26,28)/b25-12+. The first-order valence-electron chi connectivity index (χ1n) is 9.28. The van der Waals surface area contributed by atoms with Gasteiger partial charge in [-0.05, 0) is 57.9 Å². The molecular weight excluding hydrogens is 501 g/mol. The molecular formula is C22H15BrFN3O6. The number of hydrogen-bond donors (Lipinski definition) is 1. The van der Waals surface area contributed by atoms with E-state index < -0.39 is 22.6 Å². The summed E-state index contributed by atoms with van der Waals surface area (Å²) >= 11 is 3.15. The average Bonchev–Trinajstić information content (AvgIpc) is 2.78. The normalized spacial score (nSPS) is 10.6. The number of carbonyl (C=O) groups is 2. The topological polar surface area (TPSA) is 120 Å². The smallest absolute Gasteiger partial charge is 0.343 e. The summed E-state index contributed by atoms with van der Waals surface area (Å²) in [7, 11) is 0. The molecule has 1 N–H and O–H groups in total. The summed E-state index contributed by atoms with van der Waals surface area (Å²) < 4.78 is 24.1. The Morgan fingerprint density at radius 1 is 1.12 bits per heavy atom. The molecule has 0 fully saturated rings. The number of halogens is 2. The highest BCUT2D eigenvalue weighted by molar-refractivity contribution is 9.10. The largest absolute Gasteiger partial charge is 0.483 e. The summed E-state index contributed by atoms with van der Waals surface area (Å²) in [6, 6.07) is 15.4. The van der Waals surface area contributed by atoms with E-state index in [0.29, 0.717) is 10.0 Å². The van der Waals surface area contributed by atoms with Crippen molar-refractivity contribution in [3.8, 4) is 11.5 Å². The fraction of sp³-hybridized carbons (Fsp3) is 0.0455. The van der Waals surface area contributed by atoms with Gasteiger partial charge in [0.25, 0.3) is 11.6 Å². The molecule has 0 atom stereocenters. The van der Waals surface area contributed by atoms with Crippen LogP contribution in [0.4, 0.5) is 10.1 Å². The van der Waals surface area contributed by atoms with E-state index in [9.17, 15) is 24.1 Å². The van der Waals surface area contributed by atoms with Crippen molar-refractivity contribution in [3.05, 3.63) is 98.3 Å². The number of carbonyl (C=O) groups excluding carboxylic acids is 2. The quantitative estimate of drug-likeness (QED) is 0.157. The number of nitrogens with zero attached hydrogens (tertiary/aromatic N) is 2. The van der Waals surface area contributed by atoms with Crippen LogP contribution in [-0.4, -0.2) is 29.6 Å². The van der Waals surface area contributed by atoms with Gasteiger partial charge in [0.15, 0.2) is 6.61 Å². The second kappa shape index (κ2) is 11.0. The molecule has 0 unspecified atom stereocenters. The molecule has 0 aromatic heterocycles. The zero-order valence-electron chi connectivity index (χ0n) is 16.7. The number of nitrogens with one attached hydrogen (secondary N) is 1. The van der Waals surface area contributed by atoms with Crippen molar-refractivity contribution in [1.82, 2.24) is 5.43 Å². The van der Waals surface area contributed by atoms with Crippen molar-refractivity contribution in [2.24, 2.45) is 5.10 Å². The Hall–Kier alpha value is -4.12. The predicted octanol–water partition coefficient (Wildman–Crippen LogP) is 4.24. The Kier molecular flexibility index (Phi) is 7.82. The van der Waals surface area contributed by atoms with Gasteiger partial charge >= 0.3 is 5.97 Å². The molecule has 3 aromatic rings. The molecule has 0 aliphatic carbocycles. The van der Waals surface area contributed by atoms with Crippen LogP contribution in [0.15, 0.2) is 76.3 Å². The van der Waals surface area contributed by atoms with Crippen molar-refractivity contribution >= 4 is 39.7 Å². The first-order chi connectivity index (χ1) is 15.8. The Bertz CT molecular complexity index is 1230. The molecule has 11 heteroatoms. The first-order valence-corrected chi connectivity index (χ1v) is 10.1. The lowest BCUT2D eigenvalue weighted by atomic mass is 10.2. The molecule has 168 valence electrons. The van der Waals surface area contributed by atoms with Crippen molar-refractivity contribution in [3.63, 3.8) is 0 Å². The second-order valence-corrected chi connectivity index (χ2v) is 7.28. The van der Waals surface area contributed by atoms with Crippen LogP contribution in [0, 0.1) is 15.9 Å². The van der Waals surface area contributed by atoms with Gasteiger partial charge in [-0.25, -0.2) is 14.6 Å². The minimum Gasteiger partial charge on any atom is -0.483 e. The summed E-state index contributed by atoms with van der Waals surface area (Å²) in [4.78, 5) is 34.2. The molecule has 0 aliphatic heterocycles. The van der Waals surface area contributed by atoms with Crippen LogP contribution < -0.4 is 14.9 Å². The molecule has 0 aliphatic rings. The maximum Gasteiger partial charge on any atom is 0.343 e. The molecule has 9 nitrogen and oxygen atoms in total. The van der Waals surface area contributed by atoms with E-state index in [1.54, 1.807) is 18.2 Å². The zero-order valence-corrected chi connectivity index (χ0v) is 18.3. The van der Waals surface area contributed by atoms with Crippen LogP contribution in [0.3, 0.4) is 0 Å². The summed E-state index contributed by atoms with van der Waals surface area (Å²) in [6.07, 6.45) is 1.33. The highest BCUT2D eigenvalue weighted by Gasteiger charge is 2.12. The van der Waals surface area contributed by atoms with Crippen LogP contribution in [-0.2, 0) is 4.79 Å². The third-order valence-electron chi connectivity index (χ3n) is 4.02. The summed E-state index contributed by atoms with van der Waals surface area (Å²) in [5.41, 5.74) is 2.75. The Morgan fingerprint density at radius 2 is 1.91 bits per heavy atom. The van der Waals surface area contributed by atoms with Crippen LogP contribution in [0.2, 0.25) is 0 Å². The second-order valence-electron chi connectivity index (χ2n) is 6.43. The lowest BCUT2D eigenvalue weighted by Gasteiger charge is -2.07. The van der Waals surface area contributed by atoms with Crippen LogP contribution in [0.25, 0.3) is 0 Å². The molecule has 0 spiro atoms. The van der Waals surface area contributed by atoms with Gasteiger partial charge < -0.3 is 9.47 Å². The van der Waals surface area contributed by atoms with Gasteiger partial charge in [-0.15, -0.1) is 0 Å². The lowest BCUT2D eigenvalue weighted by molar-refractivity contribution is -0.384. The summed E-state index contributed by atoms with van der Waals surface area (Å²) in [5, 5.41) is 14.6. The number of esters is 1. The maximum atomic E-state index is 13.3. The fourth-order valence-corrected chi connectivity index (χ4v) is 3.00. The summed E-state index contributed by atoms with van der Waals surface area (Å²) in [5.74, 6) is -1.36. The number of nitro groups is 1. The highest BCUT2D eigenvalue weighted by atomic mass is 79.9. The number of rotatable bonds is 8. The maximum absolute atomic E-state index is 13.3. The summed E-state index contributed by atoms with van der Waals surface area (Å²) in [6.45, 7) is -0.376. The van der Waals surface area contributed by atoms with Gasteiger partial charge in [0.05, 0.1) is 21.2 Å². The zero-order chi connectivity index (χ0) is 23.8. The van der Waals surface area contributed by atoms with E-state index in [0.717, 1.165) is 6.07 Å². The lowest BCUT2D eigenvalue weighted by Crippen LogP contribution is -2.24.